The second-order valence-electron chi connectivity index (χ2n) is 8.68. The smallest absolute Gasteiger partial charge is 0.254 e. The van der Waals surface area contributed by atoms with Crippen molar-refractivity contribution in [1.82, 2.24) is 14.1 Å². The van der Waals surface area contributed by atoms with Crippen molar-refractivity contribution < 1.29 is 13.2 Å². The minimum atomic E-state index is -3.62. The molecule has 2 atom stereocenters. The first-order valence-electron chi connectivity index (χ1n) is 11.9. The lowest BCUT2D eigenvalue weighted by Gasteiger charge is -2.30. The zero-order valence-electron chi connectivity index (χ0n) is 20.5. The third-order valence-corrected chi connectivity index (χ3v) is 8.90. The highest BCUT2D eigenvalue weighted by Gasteiger charge is 2.33. The second kappa shape index (κ2) is 10.8. The van der Waals surface area contributed by atoms with Gasteiger partial charge >= 0.3 is 0 Å². The van der Waals surface area contributed by atoms with E-state index >= 15 is 0 Å². The van der Waals surface area contributed by atoms with Crippen LogP contribution in [0.2, 0.25) is 0 Å². The molecule has 1 aliphatic rings. The molecule has 3 rings (SSSR count). The average molecular weight is 472 g/mol. The summed E-state index contributed by atoms with van der Waals surface area (Å²) >= 11 is 0. The maximum absolute atomic E-state index is 13.6. The molecule has 33 heavy (non-hydrogen) atoms. The maximum Gasteiger partial charge on any atom is 0.254 e. The van der Waals surface area contributed by atoms with Gasteiger partial charge in [-0.3, -0.25) is 9.69 Å². The van der Waals surface area contributed by atoms with Gasteiger partial charge in [0.25, 0.3) is 5.91 Å². The summed E-state index contributed by atoms with van der Waals surface area (Å²) in [4.78, 5) is 18.1. The Balaban J connectivity index is 1.82. The molecule has 1 aliphatic heterocycles. The standard InChI is InChI=1S/C26H37N3O3S/c1-6-28(7-2)33(31,32)24-15-14-20(4)25(18-24)26(30)29(8-3)23-16-17-27(19-23)21(5)22-12-10-9-11-13-22/h9-15,18,21,23H,6-8,16-17,19H2,1-5H3. The largest absolute Gasteiger partial charge is 0.335 e. The van der Waals surface area contributed by atoms with Gasteiger partial charge in [0.2, 0.25) is 10.0 Å². The van der Waals surface area contributed by atoms with Gasteiger partial charge in [-0.1, -0.05) is 50.2 Å². The second-order valence-corrected chi connectivity index (χ2v) is 10.6. The number of likely N-dealkylation sites (N-methyl/N-ethyl adjacent to an activating group) is 1. The fourth-order valence-corrected chi connectivity index (χ4v) is 6.23. The summed E-state index contributed by atoms with van der Waals surface area (Å²) in [7, 11) is -3.62. The highest BCUT2D eigenvalue weighted by Crippen LogP contribution is 2.28. The van der Waals surface area contributed by atoms with Gasteiger partial charge in [0.1, 0.15) is 0 Å². The van der Waals surface area contributed by atoms with Crippen molar-refractivity contribution in [2.75, 3.05) is 32.7 Å². The van der Waals surface area contributed by atoms with Gasteiger partial charge in [0.05, 0.1) is 4.90 Å². The fourth-order valence-electron chi connectivity index (χ4n) is 4.74. The van der Waals surface area contributed by atoms with Crippen molar-refractivity contribution in [3.8, 4) is 0 Å². The van der Waals surface area contributed by atoms with Gasteiger partial charge in [-0.2, -0.15) is 4.31 Å². The van der Waals surface area contributed by atoms with E-state index in [-0.39, 0.29) is 22.9 Å². The Bertz CT molecular complexity index is 1050. The van der Waals surface area contributed by atoms with E-state index in [2.05, 4.69) is 36.1 Å². The van der Waals surface area contributed by atoms with Gasteiger partial charge < -0.3 is 4.90 Å². The summed E-state index contributed by atoms with van der Waals surface area (Å²) in [6, 6.07) is 15.7. The minimum absolute atomic E-state index is 0.0918. The van der Waals surface area contributed by atoms with Crippen LogP contribution in [0.1, 0.15) is 61.6 Å². The Hall–Kier alpha value is -2.22. The first-order valence-corrected chi connectivity index (χ1v) is 13.4. The summed E-state index contributed by atoms with van der Waals surface area (Å²) in [5, 5.41) is 0. The Kier molecular flexibility index (Phi) is 8.32. The fraction of sp³-hybridized carbons (Fsp3) is 0.500. The van der Waals surface area contributed by atoms with Crippen LogP contribution in [0.5, 0.6) is 0 Å². The lowest BCUT2D eigenvalue weighted by molar-refractivity contribution is 0.0688. The van der Waals surface area contributed by atoms with E-state index in [1.165, 1.54) is 9.87 Å². The van der Waals surface area contributed by atoms with Crippen molar-refractivity contribution in [2.45, 2.75) is 58.0 Å². The third-order valence-electron chi connectivity index (χ3n) is 6.85. The number of carbonyl (C=O) groups excluding carboxylic acids is 1. The van der Waals surface area contributed by atoms with Crippen LogP contribution in [0, 0.1) is 6.92 Å². The molecule has 1 fully saturated rings. The number of aryl methyl sites for hydroxylation is 1. The van der Waals surface area contributed by atoms with Gasteiger partial charge in [-0.15, -0.1) is 0 Å². The number of nitrogens with zero attached hydrogens (tertiary/aromatic N) is 3. The normalized spacial score (nSPS) is 17.9. The highest BCUT2D eigenvalue weighted by atomic mass is 32.2. The molecule has 1 heterocycles. The molecule has 2 aromatic carbocycles. The van der Waals surface area contributed by atoms with E-state index in [0.29, 0.717) is 25.2 Å². The Morgan fingerprint density at radius 2 is 1.73 bits per heavy atom. The number of carbonyl (C=O) groups is 1. The van der Waals surface area contributed by atoms with Crippen LogP contribution in [-0.2, 0) is 10.0 Å². The number of rotatable bonds is 9. The van der Waals surface area contributed by atoms with Crippen LogP contribution in [0.4, 0.5) is 0 Å². The Morgan fingerprint density at radius 1 is 1.06 bits per heavy atom. The highest BCUT2D eigenvalue weighted by molar-refractivity contribution is 7.89. The van der Waals surface area contributed by atoms with Crippen LogP contribution < -0.4 is 0 Å². The van der Waals surface area contributed by atoms with Crippen molar-refractivity contribution in [1.29, 1.82) is 0 Å². The molecule has 0 aromatic heterocycles. The summed E-state index contributed by atoms with van der Waals surface area (Å²) in [5.74, 6) is -0.0918. The molecule has 1 amide bonds. The molecule has 6 nitrogen and oxygen atoms in total. The Morgan fingerprint density at radius 3 is 2.33 bits per heavy atom. The molecule has 0 saturated carbocycles. The van der Waals surface area contributed by atoms with Gasteiger partial charge in [0.15, 0.2) is 0 Å². The molecule has 180 valence electrons. The summed E-state index contributed by atoms with van der Waals surface area (Å²) < 4.78 is 27.5. The van der Waals surface area contributed by atoms with Crippen LogP contribution in [0.15, 0.2) is 53.4 Å². The van der Waals surface area contributed by atoms with Crippen LogP contribution in [-0.4, -0.2) is 67.2 Å². The van der Waals surface area contributed by atoms with E-state index in [4.69, 9.17) is 0 Å². The maximum atomic E-state index is 13.6. The lowest BCUT2D eigenvalue weighted by Crippen LogP contribution is -2.42. The predicted molar refractivity (Wildman–Crippen MR) is 133 cm³/mol. The molecule has 0 N–H and O–H groups in total. The van der Waals surface area contributed by atoms with Gasteiger partial charge in [-0.25, -0.2) is 8.42 Å². The van der Waals surface area contributed by atoms with E-state index in [1.54, 1.807) is 18.2 Å². The van der Waals surface area contributed by atoms with Crippen LogP contribution in [0.3, 0.4) is 0 Å². The van der Waals surface area contributed by atoms with E-state index in [9.17, 15) is 13.2 Å². The number of amides is 1. The monoisotopic (exact) mass is 471 g/mol. The number of sulfonamides is 1. The molecule has 7 heteroatoms. The van der Waals surface area contributed by atoms with E-state index in [1.807, 2.05) is 38.7 Å². The zero-order chi connectivity index (χ0) is 24.2. The number of hydrogen-bond donors (Lipinski definition) is 0. The van der Waals surface area contributed by atoms with Crippen molar-refractivity contribution in [3.05, 3.63) is 65.2 Å². The van der Waals surface area contributed by atoms with Crippen LogP contribution in [0.25, 0.3) is 0 Å². The summed E-state index contributed by atoms with van der Waals surface area (Å²) in [6.07, 6.45) is 0.910. The molecule has 2 aromatic rings. The summed E-state index contributed by atoms with van der Waals surface area (Å²) in [5.41, 5.74) is 2.54. The van der Waals surface area contributed by atoms with Crippen molar-refractivity contribution in [3.63, 3.8) is 0 Å². The SMILES string of the molecule is CCN(C(=O)c1cc(S(=O)(=O)N(CC)CC)ccc1C)C1CCN(C(C)c2ccccc2)C1. The van der Waals surface area contributed by atoms with E-state index in [0.717, 1.165) is 25.1 Å². The van der Waals surface area contributed by atoms with Gasteiger partial charge in [0, 0.05) is 50.4 Å². The molecular weight excluding hydrogens is 434 g/mol. The lowest BCUT2D eigenvalue weighted by atomic mass is 10.1. The van der Waals surface area contributed by atoms with Gasteiger partial charge in [-0.05, 0) is 50.5 Å². The van der Waals surface area contributed by atoms with Crippen LogP contribution >= 0.6 is 0 Å². The number of hydrogen-bond acceptors (Lipinski definition) is 4. The molecule has 0 radical (unpaired) electrons. The number of benzene rings is 2. The number of likely N-dealkylation sites (tertiary alicyclic amines) is 1. The van der Waals surface area contributed by atoms with Crippen molar-refractivity contribution in [2.24, 2.45) is 0 Å². The topological polar surface area (TPSA) is 60.9 Å². The average Bonchev–Trinajstić information content (AvgIpc) is 3.30. The zero-order valence-corrected chi connectivity index (χ0v) is 21.3. The van der Waals surface area contributed by atoms with Crippen molar-refractivity contribution >= 4 is 15.9 Å². The predicted octanol–water partition coefficient (Wildman–Crippen LogP) is 4.32. The quantitative estimate of drug-likeness (QED) is 0.546. The molecule has 0 spiro atoms. The molecular formula is C26H37N3O3S. The molecule has 1 saturated heterocycles. The molecule has 0 bridgehead atoms. The minimum Gasteiger partial charge on any atom is -0.335 e. The molecule has 2 unspecified atom stereocenters. The van der Waals surface area contributed by atoms with E-state index < -0.39 is 10.0 Å². The molecule has 0 aliphatic carbocycles. The third kappa shape index (κ3) is 5.31. The summed E-state index contributed by atoms with van der Waals surface area (Å²) in [6.45, 7) is 12.8. The first-order chi connectivity index (χ1) is 15.7. The Labute approximate surface area is 199 Å². The first kappa shape index (κ1) is 25.4.